The van der Waals surface area contributed by atoms with Crippen molar-refractivity contribution in [1.82, 2.24) is 0 Å². The Hall–Kier alpha value is 0.270. The first-order chi connectivity index (χ1) is 3.83. The Bertz CT molecular complexity index is 76.8. The minimum atomic E-state index is -0.0617. The summed E-state index contributed by atoms with van der Waals surface area (Å²) in [5.74, 6) is 0.657. The van der Waals surface area contributed by atoms with Crippen LogP contribution in [0.3, 0.4) is 0 Å². The van der Waals surface area contributed by atoms with Crippen LogP contribution in [0.5, 0.6) is 0 Å². The highest BCUT2D eigenvalue weighted by atomic mass is 32.1. The Morgan fingerprint density at radius 3 is 2.75 bits per heavy atom. The molecule has 8 heavy (non-hydrogen) atoms. The first-order valence-electron chi connectivity index (χ1n) is 2.71. The van der Waals surface area contributed by atoms with E-state index < -0.39 is 0 Å². The molecule has 1 aliphatic rings. The van der Waals surface area contributed by atoms with Gasteiger partial charge in [0.05, 0.1) is 12.7 Å². The van der Waals surface area contributed by atoms with Crippen LogP contribution < -0.4 is 0 Å². The lowest BCUT2D eigenvalue weighted by Gasteiger charge is -2.03. The van der Waals surface area contributed by atoms with E-state index in [0.29, 0.717) is 12.4 Å². The Kier molecular flexibility index (Phi) is 2.16. The fourth-order valence-corrected chi connectivity index (χ4v) is 0.868. The number of hydrogen-bond donors (Lipinski definition) is 1. The van der Waals surface area contributed by atoms with Gasteiger partial charge in [-0.2, -0.15) is 12.6 Å². The molecule has 1 fully saturated rings. The van der Waals surface area contributed by atoms with Crippen molar-refractivity contribution in [2.75, 3.05) is 12.4 Å². The Labute approximate surface area is 54.6 Å². The van der Waals surface area contributed by atoms with Crippen molar-refractivity contribution >= 4 is 12.6 Å². The second-order valence-electron chi connectivity index (χ2n) is 1.89. The molecule has 0 bridgehead atoms. The van der Waals surface area contributed by atoms with Crippen LogP contribution in [0.15, 0.2) is 0 Å². The molecule has 48 valence electrons. The van der Waals surface area contributed by atoms with E-state index in [-0.39, 0.29) is 12.4 Å². The van der Waals surface area contributed by atoms with Gasteiger partial charge < -0.3 is 9.47 Å². The predicted molar refractivity (Wildman–Crippen MR) is 34.1 cm³/mol. The largest absolute Gasteiger partial charge is 0.349 e. The molecule has 0 aromatic carbocycles. The second-order valence-corrected chi connectivity index (χ2v) is 2.26. The molecule has 0 aliphatic carbocycles. The van der Waals surface area contributed by atoms with Gasteiger partial charge in [0.2, 0.25) is 0 Å². The summed E-state index contributed by atoms with van der Waals surface area (Å²) in [5, 5.41) is 0. The summed E-state index contributed by atoms with van der Waals surface area (Å²) in [5.41, 5.74) is 0. The average molecular weight is 134 g/mol. The Morgan fingerprint density at radius 2 is 2.50 bits per heavy atom. The van der Waals surface area contributed by atoms with Crippen molar-refractivity contribution in [3.63, 3.8) is 0 Å². The molecule has 1 rings (SSSR count). The number of thiol groups is 1. The topological polar surface area (TPSA) is 18.5 Å². The number of ether oxygens (including phenoxy) is 2. The first-order valence-corrected chi connectivity index (χ1v) is 3.34. The molecule has 0 radical (unpaired) electrons. The highest BCUT2D eigenvalue weighted by molar-refractivity contribution is 7.80. The molecule has 1 aliphatic heterocycles. The van der Waals surface area contributed by atoms with Crippen LogP contribution in [0, 0.1) is 0 Å². The molecule has 0 aromatic rings. The summed E-state index contributed by atoms with van der Waals surface area (Å²) in [4.78, 5) is 0. The van der Waals surface area contributed by atoms with E-state index in [1.165, 1.54) is 0 Å². The number of rotatable bonds is 1. The minimum Gasteiger partial charge on any atom is -0.349 e. The normalized spacial score (nSPS) is 38.2. The van der Waals surface area contributed by atoms with Gasteiger partial charge in [-0.05, 0) is 6.92 Å². The van der Waals surface area contributed by atoms with Crippen molar-refractivity contribution in [2.45, 2.75) is 19.3 Å². The molecule has 0 unspecified atom stereocenters. The van der Waals surface area contributed by atoms with Gasteiger partial charge in [0.1, 0.15) is 0 Å². The zero-order valence-corrected chi connectivity index (χ0v) is 5.73. The monoisotopic (exact) mass is 134 g/mol. The molecule has 0 N–H and O–H groups in total. The van der Waals surface area contributed by atoms with Crippen LogP contribution in [0.4, 0.5) is 0 Å². The standard InChI is InChI=1S/C5H10O2S/c1-4-2-6-5(3-8)7-4/h4-5,8H,2-3H2,1H3/t4-,5-/m1/s1. The van der Waals surface area contributed by atoms with Crippen LogP contribution in [-0.4, -0.2) is 24.8 Å². The van der Waals surface area contributed by atoms with Gasteiger partial charge in [-0.15, -0.1) is 0 Å². The van der Waals surface area contributed by atoms with Crippen molar-refractivity contribution < 1.29 is 9.47 Å². The van der Waals surface area contributed by atoms with Crippen molar-refractivity contribution in [3.05, 3.63) is 0 Å². The second kappa shape index (κ2) is 2.71. The Balaban J connectivity index is 2.22. The lowest BCUT2D eigenvalue weighted by molar-refractivity contribution is -0.0348. The molecule has 1 saturated heterocycles. The van der Waals surface area contributed by atoms with Crippen LogP contribution >= 0.6 is 12.6 Å². The third-order valence-corrected chi connectivity index (χ3v) is 1.35. The van der Waals surface area contributed by atoms with Crippen LogP contribution in [0.1, 0.15) is 6.92 Å². The van der Waals surface area contributed by atoms with Gasteiger partial charge >= 0.3 is 0 Å². The van der Waals surface area contributed by atoms with Crippen LogP contribution in [0.2, 0.25) is 0 Å². The first kappa shape index (κ1) is 6.39. The van der Waals surface area contributed by atoms with E-state index in [1.807, 2.05) is 6.92 Å². The summed E-state index contributed by atoms with van der Waals surface area (Å²) in [6.45, 7) is 2.70. The van der Waals surface area contributed by atoms with Crippen molar-refractivity contribution in [3.8, 4) is 0 Å². The van der Waals surface area contributed by atoms with Crippen LogP contribution in [0.25, 0.3) is 0 Å². The van der Waals surface area contributed by atoms with Gasteiger partial charge in [-0.1, -0.05) is 0 Å². The molecule has 2 nitrogen and oxygen atoms in total. The van der Waals surface area contributed by atoms with Gasteiger partial charge in [0.15, 0.2) is 6.29 Å². The zero-order chi connectivity index (χ0) is 5.98. The van der Waals surface area contributed by atoms with E-state index in [1.54, 1.807) is 0 Å². The lowest BCUT2D eigenvalue weighted by Crippen LogP contribution is -2.10. The third-order valence-electron chi connectivity index (χ3n) is 1.05. The molecular weight excluding hydrogens is 124 g/mol. The van der Waals surface area contributed by atoms with Gasteiger partial charge in [-0.3, -0.25) is 0 Å². The van der Waals surface area contributed by atoms with Gasteiger partial charge in [-0.25, -0.2) is 0 Å². The average Bonchev–Trinajstić information content (AvgIpc) is 2.14. The summed E-state index contributed by atoms with van der Waals surface area (Å²) in [6.07, 6.45) is 0.195. The summed E-state index contributed by atoms with van der Waals surface area (Å²) in [7, 11) is 0. The molecule has 1 heterocycles. The fourth-order valence-electron chi connectivity index (χ4n) is 0.676. The molecule has 0 amide bonds. The molecule has 0 spiro atoms. The van der Waals surface area contributed by atoms with E-state index >= 15 is 0 Å². The molecule has 0 aromatic heterocycles. The van der Waals surface area contributed by atoms with E-state index in [4.69, 9.17) is 9.47 Å². The van der Waals surface area contributed by atoms with E-state index in [2.05, 4.69) is 12.6 Å². The maximum atomic E-state index is 5.21. The van der Waals surface area contributed by atoms with Crippen molar-refractivity contribution in [2.24, 2.45) is 0 Å². The highest BCUT2D eigenvalue weighted by Gasteiger charge is 2.19. The summed E-state index contributed by atoms with van der Waals surface area (Å²) >= 11 is 4.01. The quantitative estimate of drug-likeness (QED) is 0.531. The minimum absolute atomic E-state index is 0.0617. The lowest BCUT2D eigenvalue weighted by atomic mass is 10.5. The zero-order valence-electron chi connectivity index (χ0n) is 4.83. The predicted octanol–water partition coefficient (Wildman–Crippen LogP) is 0.678. The van der Waals surface area contributed by atoms with Gasteiger partial charge in [0, 0.05) is 5.75 Å². The fraction of sp³-hybridized carbons (Fsp3) is 1.00. The SMILES string of the molecule is C[C@@H]1CO[C@@H](CS)O1. The smallest absolute Gasteiger partial charge is 0.166 e. The van der Waals surface area contributed by atoms with E-state index in [0.717, 1.165) is 0 Å². The maximum Gasteiger partial charge on any atom is 0.166 e. The summed E-state index contributed by atoms with van der Waals surface area (Å²) < 4.78 is 10.3. The Morgan fingerprint density at radius 1 is 1.75 bits per heavy atom. The molecule has 0 saturated carbocycles. The number of hydrogen-bond acceptors (Lipinski definition) is 3. The highest BCUT2D eigenvalue weighted by Crippen LogP contribution is 2.10. The molecule has 3 heteroatoms. The molecular formula is C5H10O2S. The van der Waals surface area contributed by atoms with Crippen molar-refractivity contribution in [1.29, 1.82) is 0 Å². The van der Waals surface area contributed by atoms with Gasteiger partial charge in [0.25, 0.3) is 0 Å². The third kappa shape index (κ3) is 1.37. The molecule has 2 atom stereocenters. The maximum absolute atomic E-state index is 5.21. The van der Waals surface area contributed by atoms with Crippen LogP contribution in [-0.2, 0) is 9.47 Å². The summed E-state index contributed by atoms with van der Waals surface area (Å²) in [6, 6.07) is 0. The van der Waals surface area contributed by atoms with E-state index in [9.17, 15) is 0 Å².